The van der Waals surface area contributed by atoms with Crippen molar-refractivity contribution in [2.45, 2.75) is 48.5 Å². The van der Waals surface area contributed by atoms with Gasteiger partial charge in [-0.3, -0.25) is 4.52 Å². The SMILES string of the molecule is CCOP(=O)(OC(=O)c1c(C)cc(C)cc1C)c1ccccc1.Cc1cc(C)c(C(=O)[P+](=O)c2ccccc2)c(C)c1. The van der Waals surface area contributed by atoms with Gasteiger partial charge in [0.25, 0.3) is 0 Å². The molecule has 0 aliphatic rings. The zero-order chi connectivity index (χ0) is 31.0. The van der Waals surface area contributed by atoms with E-state index < -0.39 is 21.4 Å². The lowest BCUT2D eigenvalue weighted by molar-refractivity contribution is 0.0706. The summed E-state index contributed by atoms with van der Waals surface area (Å²) in [6.07, 6.45) is 0. The van der Waals surface area contributed by atoms with Crippen LogP contribution in [0.15, 0.2) is 84.9 Å². The third-order valence-electron chi connectivity index (χ3n) is 6.52. The molecular formula is C34H37O6P2+. The van der Waals surface area contributed by atoms with Crippen molar-refractivity contribution in [1.82, 2.24) is 0 Å². The Morgan fingerprint density at radius 2 is 1.12 bits per heavy atom. The topological polar surface area (TPSA) is 86.7 Å². The Kier molecular flexibility index (Phi) is 11.3. The smallest absolute Gasteiger partial charge is 0.385 e. The van der Waals surface area contributed by atoms with E-state index in [1.54, 1.807) is 61.5 Å². The predicted molar refractivity (Wildman–Crippen MR) is 170 cm³/mol. The lowest BCUT2D eigenvalue weighted by atomic mass is 10.0. The Bertz CT molecular complexity index is 1600. The summed E-state index contributed by atoms with van der Waals surface area (Å²) < 4.78 is 36.0. The maximum absolute atomic E-state index is 13.0. The van der Waals surface area contributed by atoms with Crippen molar-refractivity contribution in [3.05, 3.63) is 129 Å². The van der Waals surface area contributed by atoms with Crippen molar-refractivity contribution in [2.24, 2.45) is 0 Å². The molecule has 0 fully saturated rings. The maximum atomic E-state index is 13.0. The molecule has 0 saturated heterocycles. The molecule has 0 radical (unpaired) electrons. The number of rotatable bonds is 8. The highest BCUT2D eigenvalue weighted by Crippen LogP contribution is 2.48. The fourth-order valence-corrected chi connectivity index (χ4v) is 7.62. The number of hydrogen-bond donors (Lipinski definition) is 0. The van der Waals surface area contributed by atoms with Crippen LogP contribution >= 0.6 is 15.4 Å². The molecule has 0 N–H and O–H groups in total. The van der Waals surface area contributed by atoms with Crippen molar-refractivity contribution in [3.8, 4) is 0 Å². The van der Waals surface area contributed by atoms with Crippen LogP contribution in [0.3, 0.4) is 0 Å². The molecule has 0 aliphatic heterocycles. The van der Waals surface area contributed by atoms with Crippen LogP contribution in [0.25, 0.3) is 0 Å². The molecule has 0 heterocycles. The van der Waals surface area contributed by atoms with E-state index >= 15 is 0 Å². The van der Waals surface area contributed by atoms with Crippen molar-refractivity contribution in [1.29, 1.82) is 0 Å². The zero-order valence-corrected chi connectivity index (χ0v) is 26.9. The molecule has 42 heavy (non-hydrogen) atoms. The van der Waals surface area contributed by atoms with Gasteiger partial charge < -0.3 is 4.52 Å². The molecule has 0 aliphatic carbocycles. The van der Waals surface area contributed by atoms with Crippen molar-refractivity contribution in [3.63, 3.8) is 0 Å². The van der Waals surface area contributed by atoms with Crippen LogP contribution in [-0.2, 0) is 18.2 Å². The lowest BCUT2D eigenvalue weighted by Gasteiger charge is -2.19. The molecule has 218 valence electrons. The molecular weight excluding hydrogens is 566 g/mol. The Morgan fingerprint density at radius 1 is 0.690 bits per heavy atom. The minimum atomic E-state index is -3.69. The minimum Gasteiger partial charge on any atom is -0.385 e. The summed E-state index contributed by atoms with van der Waals surface area (Å²) in [5, 5.41) is 0.958. The Balaban J connectivity index is 0.000000235. The quantitative estimate of drug-likeness (QED) is 0.189. The summed E-state index contributed by atoms with van der Waals surface area (Å²) in [5.74, 6) is -0.624. The molecule has 4 aromatic rings. The molecule has 0 amide bonds. The standard InChI is InChI=1S/C18H21O4P.C16H16O2P/c1-5-21-23(20,16-9-7-6-8-10-16)22-18(19)17-14(3)11-13(2)12-15(17)4;1-11-9-12(2)15(13(3)10-11)16(17)19(18)14-7-5-4-6-8-14/h6-12H,5H2,1-4H3;4-10H,1-3H3/q;+1. The second-order valence-corrected chi connectivity index (χ2v) is 13.6. The highest BCUT2D eigenvalue weighted by molar-refractivity contribution is 7.71. The number of hydrogen-bond acceptors (Lipinski definition) is 6. The first-order valence-corrected chi connectivity index (χ1v) is 16.4. The monoisotopic (exact) mass is 603 g/mol. The van der Waals surface area contributed by atoms with Crippen LogP contribution in [0, 0.1) is 41.5 Å². The van der Waals surface area contributed by atoms with E-state index in [9.17, 15) is 18.7 Å². The first-order valence-electron chi connectivity index (χ1n) is 13.6. The van der Waals surface area contributed by atoms with Gasteiger partial charge in [0.1, 0.15) is 0 Å². The largest absolute Gasteiger partial charge is 0.458 e. The van der Waals surface area contributed by atoms with Crippen LogP contribution in [0.2, 0.25) is 0 Å². The molecule has 4 aromatic carbocycles. The van der Waals surface area contributed by atoms with E-state index in [0.29, 0.717) is 21.7 Å². The Hall–Kier alpha value is -3.69. The van der Waals surface area contributed by atoms with Gasteiger partial charge in [0.15, 0.2) is 5.30 Å². The average Bonchev–Trinajstić information content (AvgIpc) is 2.93. The normalized spacial score (nSPS) is 12.4. The summed E-state index contributed by atoms with van der Waals surface area (Å²) in [4.78, 5) is 25.0. The summed E-state index contributed by atoms with van der Waals surface area (Å²) in [6, 6.07) is 25.2. The Morgan fingerprint density at radius 3 is 1.57 bits per heavy atom. The fraction of sp³-hybridized carbons (Fsp3) is 0.235. The van der Waals surface area contributed by atoms with E-state index in [-0.39, 0.29) is 12.1 Å². The zero-order valence-electron chi connectivity index (χ0n) is 25.1. The Labute approximate surface area is 249 Å². The number of benzene rings is 4. The molecule has 2 unspecified atom stereocenters. The first kappa shape index (κ1) is 32.8. The summed E-state index contributed by atoms with van der Waals surface area (Å²) >= 11 is 0. The summed E-state index contributed by atoms with van der Waals surface area (Å²) in [6.45, 7) is 13.3. The van der Waals surface area contributed by atoms with E-state index in [1.165, 1.54) is 0 Å². The second kappa shape index (κ2) is 14.5. The molecule has 2 atom stereocenters. The van der Waals surface area contributed by atoms with Crippen LogP contribution in [0.4, 0.5) is 0 Å². The van der Waals surface area contributed by atoms with Gasteiger partial charge in [0.2, 0.25) is 0 Å². The maximum Gasteiger partial charge on any atom is 0.458 e. The molecule has 8 heteroatoms. The van der Waals surface area contributed by atoms with Gasteiger partial charge in [0.05, 0.1) is 23.0 Å². The summed E-state index contributed by atoms with van der Waals surface area (Å²) in [5.41, 5.74) is 6.29. The molecule has 4 rings (SSSR count). The van der Waals surface area contributed by atoms with Gasteiger partial charge in [0, 0.05) is 0 Å². The van der Waals surface area contributed by atoms with Crippen LogP contribution < -0.4 is 10.6 Å². The van der Waals surface area contributed by atoms with E-state index in [0.717, 1.165) is 33.4 Å². The molecule has 0 spiro atoms. The minimum absolute atomic E-state index is 0.186. The van der Waals surface area contributed by atoms with Gasteiger partial charge >= 0.3 is 26.9 Å². The summed E-state index contributed by atoms with van der Waals surface area (Å²) in [7, 11) is -5.74. The van der Waals surface area contributed by atoms with Crippen molar-refractivity contribution < 1.29 is 27.8 Å². The molecule has 0 saturated carbocycles. The third-order valence-corrected chi connectivity index (χ3v) is 9.82. The molecule has 0 aromatic heterocycles. The van der Waals surface area contributed by atoms with Crippen LogP contribution in [-0.4, -0.2) is 18.1 Å². The average molecular weight is 604 g/mol. The second-order valence-electron chi connectivity index (χ2n) is 10.1. The first-order chi connectivity index (χ1) is 19.9. The number of carbonyl (C=O) groups is 2. The van der Waals surface area contributed by atoms with E-state index in [2.05, 4.69) is 0 Å². The third kappa shape index (κ3) is 7.98. The molecule has 6 nitrogen and oxygen atoms in total. The van der Waals surface area contributed by atoms with Crippen molar-refractivity contribution in [2.75, 3.05) is 6.61 Å². The number of aryl methyl sites for hydroxylation is 6. The number of carbonyl (C=O) groups excluding carboxylic acids is 2. The highest BCUT2D eigenvalue weighted by atomic mass is 31.2. The van der Waals surface area contributed by atoms with Gasteiger partial charge in [-0.1, -0.05) is 76.4 Å². The van der Waals surface area contributed by atoms with Gasteiger partial charge in [-0.2, -0.15) is 0 Å². The van der Waals surface area contributed by atoms with Crippen LogP contribution in [0.5, 0.6) is 0 Å². The molecule has 0 bridgehead atoms. The lowest BCUT2D eigenvalue weighted by Crippen LogP contribution is -2.16. The predicted octanol–water partition coefficient (Wildman–Crippen LogP) is 8.23. The van der Waals surface area contributed by atoms with Gasteiger partial charge in [-0.05, 0) is 95.0 Å². The van der Waals surface area contributed by atoms with E-state index in [1.807, 2.05) is 71.9 Å². The van der Waals surface area contributed by atoms with Gasteiger partial charge in [-0.25, -0.2) is 14.2 Å². The van der Waals surface area contributed by atoms with E-state index in [4.69, 9.17) is 9.05 Å². The van der Waals surface area contributed by atoms with Crippen LogP contribution in [0.1, 0.15) is 61.0 Å². The van der Waals surface area contributed by atoms with Gasteiger partial charge in [-0.15, -0.1) is 0 Å². The van der Waals surface area contributed by atoms with Crippen molar-refractivity contribution >= 4 is 37.5 Å². The fourth-order valence-electron chi connectivity index (χ4n) is 4.89. The highest BCUT2D eigenvalue weighted by Gasteiger charge is 2.35.